The highest BCUT2D eigenvalue weighted by Crippen LogP contribution is 2.56. The number of anilines is 3. The van der Waals surface area contributed by atoms with Crippen LogP contribution in [0.4, 0.5) is 17.1 Å². The van der Waals surface area contributed by atoms with Crippen molar-refractivity contribution in [3.05, 3.63) is 139 Å². The van der Waals surface area contributed by atoms with Crippen LogP contribution in [0.2, 0.25) is 0 Å². The molecular formula is C59H27B14NO. The van der Waals surface area contributed by atoms with Gasteiger partial charge in [0.15, 0.2) is 0 Å². The third-order valence-electron chi connectivity index (χ3n) is 15.5. The molecule has 11 aromatic rings. The maximum atomic E-state index is 6.85. The van der Waals surface area contributed by atoms with E-state index in [1.807, 2.05) is 66.7 Å². The molecule has 0 bridgehead atoms. The molecule has 1 aliphatic carbocycles. The van der Waals surface area contributed by atoms with Crippen LogP contribution in [-0.4, -0.2) is 110 Å². The van der Waals surface area contributed by atoms with E-state index in [4.69, 9.17) is 114 Å². The minimum Gasteiger partial charge on any atom is -0.455 e. The van der Waals surface area contributed by atoms with Crippen LogP contribution in [0.3, 0.4) is 0 Å². The highest BCUT2D eigenvalue weighted by molar-refractivity contribution is 6.73. The standard InChI is InChI=1S/C59H27B14NO/c1-59(2)34-12-5-3-8-30(34)33-22-26(29-10-7-11-32-31-9-4-6-13-36(31)75-58(29)32)23-35(43(33)59)74(27-18-14-24(15-19-27)37-39-41(48(64)52(68)44(37)60)50(66)56(72)54(70)46(39)62)28-20-16-25(17-21-28)38-40-42(49(65)53(69)45(38)61)51(67)57(73)55(71)47(40)63/h3-23H,1-2H3. The fourth-order valence-corrected chi connectivity index (χ4v) is 11.6. The summed E-state index contributed by atoms with van der Waals surface area (Å²) in [5.41, 5.74) is 14.4. The second-order valence-electron chi connectivity index (χ2n) is 19.8. The van der Waals surface area contributed by atoms with Gasteiger partial charge in [-0.3, -0.25) is 0 Å². The number of fused-ring (bicyclic) bond motifs is 8. The quantitative estimate of drug-likeness (QED) is 0.215. The fourth-order valence-electron chi connectivity index (χ4n) is 11.6. The smallest absolute Gasteiger partial charge is 0.143 e. The molecule has 0 saturated heterocycles. The fraction of sp³-hybridized carbons (Fsp3) is 0.0508. The van der Waals surface area contributed by atoms with Gasteiger partial charge < -0.3 is 9.32 Å². The van der Waals surface area contributed by atoms with Gasteiger partial charge in [-0.25, -0.2) is 0 Å². The van der Waals surface area contributed by atoms with E-state index >= 15 is 0 Å². The van der Waals surface area contributed by atoms with Crippen LogP contribution in [0.5, 0.6) is 0 Å². The Balaban J connectivity index is 1.13. The third-order valence-corrected chi connectivity index (χ3v) is 15.5. The lowest BCUT2D eigenvalue weighted by Gasteiger charge is -2.33. The Labute approximate surface area is 455 Å². The third kappa shape index (κ3) is 7.06. The van der Waals surface area contributed by atoms with Crippen molar-refractivity contribution in [2.75, 3.05) is 4.90 Å². The number of hydrogen-bond donors (Lipinski definition) is 0. The monoisotopic (exact) mass is 919 g/mol. The maximum absolute atomic E-state index is 6.85. The first-order valence-electron chi connectivity index (χ1n) is 24.1. The minimum absolute atomic E-state index is 0.104. The van der Waals surface area contributed by atoms with Crippen LogP contribution in [0.25, 0.3) is 88.0 Å². The summed E-state index contributed by atoms with van der Waals surface area (Å²) in [5, 5.41) is 3.66. The van der Waals surface area contributed by atoms with Gasteiger partial charge in [0, 0.05) is 33.1 Å². The zero-order valence-corrected chi connectivity index (χ0v) is 41.1. The van der Waals surface area contributed by atoms with Gasteiger partial charge in [0.1, 0.15) is 121 Å². The van der Waals surface area contributed by atoms with Crippen LogP contribution in [-0.2, 0) is 5.41 Å². The number of rotatable bonds is 6. The average molecular weight is 917 g/mol. The number of para-hydroxylation sites is 2. The van der Waals surface area contributed by atoms with Gasteiger partial charge in [-0.15, -0.1) is 32.8 Å². The largest absolute Gasteiger partial charge is 0.455 e. The summed E-state index contributed by atoms with van der Waals surface area (Å²) < 4.78 is 6.69. The van der Waals surface area contributed by atoms with Crippen molar-refractivity contribution < 1.29 is 4.42 Å². The molecule has 1 heterocycles. The molecule has 2 nitrogen and oxygen atoms in total. The van der Waals surface area contributed by atoms with Gasteiger partial charge in [0.25, 0.3) is 0 Å². The van der Waals surface area contributed by atoms with Gasteiger partial charge in [-0.2, -0.15) is 0 Å². The number of furan rings is 1. The van der Waals surface area contributed by atoms with E-state index in [0.717, 1.165) is 66.8 Å². The van der Waals surface area contributed by atoms with Crippen LogP contribution in [0.1, 0.15) is 25.0 Å². The van der Waals surface area contributed by atoms with E-state index < -0.39 is 5.41 Å². The predicted octanol–water partition coefficient (Wildman–Crippen LogP) is -0.217. The molecule has 0 amide bonds. The second-order valence-corrected chi connectivity index (χ2v) is 19.8. The lowest BCUT2D eigenvalue weighted by atomic mass is 9.59. The number of nitrogens with zero attached hydrogens (tertiary/aromatic N) is 1. The molecule has 0 unspecified atom stereocenters. The molecule has 12 rings (SSSR count). The summed E-state index contributed by atoms with van der Waals surface area (Å²) in [4.78, 5) is 2.23. The molecule has 0 spiro atoms. The molecular weight excluding hydrogens is 890 g/mol. The number of hydrogen-bond acceptors (Lipinski definition) is 2. The van der Waals surface area contributed by atoms with E-state index in [1.165, 1.54) is 5.56 Å². The van der Waals surface area contributed by atoms with Gasteiger partial charge >= 0.3 is 0 Å². The van der Waals surface area contributed by atoms with E-state index in [2.05, 4.69) is 79.4 Å². The van der Waals surface area contributed by atoms with Crippen LogP contribution in [0, 0.1) is 0 Å². The lowest BCUT2D eigenvalue weighted by molar-refractivity contribution is 0.661. The molecule has 0 atom stereocenters. The molecule has 1 aromatic heterocycles. The van der Waals surface area contributed by atoms with E-state index in [0.29, 0.717) is 43.8 Å². The average Bonchev–Trinajstić information content (AvgIpc) is 3.91. The van der Waals surface area contributed by atoms with Crippen molar-refractivity contribution in [2.45, 2.75) is 19.3 Å². The molecule has 1 aliphatic rings. The molecule has 28 radical (unpaired) electrons. The van der Waals surface area contributed by atoms with Crippen molar-refractivity contribution in [1.29, 1.82) is 0 Å². The number of benzene rings is 10. The van der Waals surface area contributed by atoms with Crippen LogP contribution < -0.4 is 81.4 Å². The first-order valence-corrected chi connectivity index (χ1v) is 24.1. The maximum Gasteiger partial charge on any atom is 0.143 e. The summed E-state index contributed by atoms with van der Waals surface area (Å²) in [7, 11) is 92.3. The molecule has 75 heavy (non-hydrogen) atoms. The summed E-state index contributed by atoms with van der Waals surface area (Å²) in [6.07, 6.45) is 0. The van der Waals surface area contributed by atoms with Crippen LogP contribution in [0.15, 0.2) is 132 Å². The Kier molecular flexibility index (Phi) is 11.6. The SMILES string of the molecule is [B]c1c([B])c([B])c2c(-c3ccc(N(c4ccc(-c5c([B])c([B])c([B])c6c([B])c([B])c([B])c([B])c56)cc4)c4cc(-c5cccc6c5oc5ccccc56)cc5c4C(C)(C)c4ccccc4-5)cc3)c([B])c([B])c([B])c2c1[B]. The highest BCUT2D eigenvalue weighted by Gasteiger charge is 2.40. The first-order chi connectivity index (χ1) is 35.8. The summed E-state index contributed by atoms with van der Waals surface area (Å²) in [6.45, 7) is 4.51. The Bertz CT molecular complexity index is 4140. The van der Waals surface area contributed by atoms with Crippen molar-refractivity contribution in [3.63, 3.8) is 0 Å². The van der Waals surface area contributed by atoms with Crippen LogP contribution >= 0.6 is 0 Å². The van der Waals surface area contributed by atoms with Gasteiger partial charge in [-0.05, 0) is 114 Å². The van der Waals surface area contributed by atoms with Gasteiger partial charge in [0.2, 0.25) is 0 Å². The van der Waals surface area contributed by atoms with E-state index in [-0.39, 0.29) is 76.5 Å². The normalized spacial score (nSPS) is 12.7. The summed E-state index contributed by atoms with van der Waals surface area (Å²) in [5.74, 6) is 0. The Morgan fingerprint density at radius 2 is 0.787 bits per heavy atom. The zero-order chi connectivity index (χ0) is 52.8. The minimum atomic E-state index is -0.481. The molecule has 0 fully saturated rings. The lowest BCUT2D eigenvalue weighted by Crippen LogP contribution is -2.52. The summed E-state index contributed by atoms with van der Waals surface area (Å²) >= 11 is 0. The summed E-state index contributed by atoms with van der Waals surface area (Å²) in [6, 6.07) is 43.3. The molecule has 0 aliphatic heterocycles. The zero-order valence-electron chi connectivity index (χ0n) is 41.1. The molecule has 0 saturated carbocycles. The molecule has 0 N–H and O–H groups in total. The Morgan fingerprint density at radius 3 is 1.31 bits per heavy atom. The van der Waals surface area contributed by atoms with Crippen molar-refractivity contribution in [3.8, 4) is 44.5 Å². The Hall–Kier alpha value is -6.77. The van der Waals surface area contributed by atoms with Gasteiger partial charge in [0.05, 0.1) is 5.69 Å². The molecule has 10 aromatic carbocycles. The Morgan fingerprint density at radius 1 is 0.360 bits per heavy atom. The van der Waals surface area contributed by atoms with Gasteiger partial charge in [-0.1, -0.05) is 142 Å². The topological polar surface area (TPSA) is 16.4 Å². The van der Waals surface area contributed by atoms with Crippen molar-refractivity contribution in [1.82, 2.24) is 0 Å². The first kappa shape index (κ1) is 49.1. The van der Waals surface area contributed by atoms with Crippen molar-refractivity contribution >= 4 is 247 Å². The van der Waals surface area contributed by atoms with E-state index in [1.54, 1.807) is 0 Å². The predicted molar refractivity (Wildman–Crippen MR) is 333 cm³/mol. The highest BCUT2D eigenvalue weighted by atomic mass is 16.3. The van der Waals surface area contributed by atoms with Crippen molar-refractivity contribution in [2.24, 2.45) is 0 Å². The molecule has 16 heteroatoms. The molecule has 316 valence electrons. The second kappa shape index (κ2) is 17.7. The van der Waals surface area contributed by atoms with E-state index in [9.17, 15) is 0 Å².